The first-order valence-electron chi connectivity index (χ1n) is 18.0. The number of carbonyl (C=O) groups excluding carboxylic acids is 1. The molecule has 0 bridgehead atoms. The maximum atomic E-state index is 12.5. The summed E-state index contributed by atoms with van der Waals surface area (Å²) in [4.78, 5) is 23.1. The van der Waals surface area contributed by atoms with Crippen molar-refractivity contribution in [1.82, 2.24) is 0 Å². The van der Waals surface area contributed by atoms with Gasteiger partial charge in [-0.2, -0.15) is 0 Å². The fraction of sp³-hybridized carbons (Fsp3) is 0.944. The van der Waals surface area contributed by atoms with Crippen molar-refractivity contribution < 1.29 is 22.3 Å². The number of hydrogen-bond acceptors (Lipinski definition) is 3. The van der Waals surface area contributed by atoms with Gasteiger partial charge in [-0.15, -0.1) is 0 Å². The zero-order chi connectivity index (χ0) is 29.4. The van der Waals surface area contributed by atoms with Crippen molar-refractivity contribution in [3.63, 3.8) is 0 Å². The van der Waals surface area contributed by atoms with E-state index in [2.05, 4.69) is 13.8 Å². The fourth-order valence-electron chi connectivity index (χ4n) is 5.66. The second kappa shape index (κ2) is 35.9. The Morgan fingerprint density at radius 1 is 0.488 bits per heavy atom. The first kappa shape index (κ1) is 42.8. The van der Waals surface area contributed by atoms with Crippen LogP contribution in [0.25, 0.3) is 0 Å². The summed E-state index contributed by atoms with van der Waals surface area (Å²) in [5, 5.41) is 8.70. The second-order valence-electron chi connectivity index (χ2n) is 12.4. The van der Waals surface area contributed by atoms with E-state index in [0.29, 0.717) is 12.8 Å². The summed E-state index contributed by atoms with van der Waals surface area (Å²) in [6, 6.07) is 0. The Kier molecular flexibility index (Phi) is 37.5. The van der Waals surface area contributed by atoms with Crippen LogP contribution in [0.4, 0.5) is 0 Å². The Hall–Kier alpha value is -0.294. The van der Waals surface area contributed by atoms with Crippen LogP contribution < -0.4 is 0 Å². The van der Waals surface area contributed by atoms with E-state index < -0.39 is 5.97 Å². The molecular formula is C36H72MgO4. The Morgan fingerprint density at radius 2 is 0.780 bits per heavy atom. The number of esters is 1. The summed E-state index contributed by atoms with van der Waals surface area (Å²) < 4.78 is 5.95. The van der Waals surface area contributed by atoms with E-state index in [-0.39, 0.29) is 38.0 Å². The summed E-state index contributed by atoms with van der Waals surface area (Å²) in [6.07, 6.45) is 37.1. The molecule has 1 atom stereocenters. The maximum Gasteiger partial charge on any atom is 2.00 e. The SMILES string of the molecule is CCCCCCCCCCCCCCCCCC(=O)OC(CCCCCC)CCCCCCCCCCC(=O)O.[H-].[H-].[Mg+2]. The van der Waals surface area contributed by atoms with Gasteiger partial charge in [-0.1, -0.05) is 162 Å². The number of carboxylic acid groups (broad SMARTS) is 1. The fourth-order valence-corrected chi connectivity index (χ4v) is 5.66. The van der Waals surface area contributed by atoms with Gasteiger partial charge in [-0.3, -0.25) is 9.59 Å². The summed E-state index contributed by atoms with van der Waals surface area (Å²) >= 11 is 0. The summed E-state index contributed by atoms with van der Waals surface area (Å²) in [7, 11) is 0. The topological polar surface area (TPSA) is 63.6 Å². The smallest absolute Gasteiger partial charge is 1.00 e. The zero-order valence-corrected chi connectivity index (χ0v) is 29.3. The van der Waals surface area contributed by atoms with Crippen LogP contribution in [0.3, 0.4) is 0 Å². The van der Waals surface area contributed by atoms with Gasteiger partial charge in [0, 0.05) is 12.8 Å². The molecule has 242 valence electrons. The van der Waals surface area contributed by atoms with Crippen molar-refractivity contribution in [3.05, 3.63) is 0 Å². The largest absolute Gasteiger partial charge is 2.00 e. The minimum atomic E-state index is -0.681. The third-order valence-corrected chi connectivity index (χ3v) is 8.33. The van der Waals surface area contributed by atoms with E-state index >= 15 is 0 Å². The molecule has 0 aliphatic carbocycles. The van der Waals surface area contributed by atoms with Gasteiger partial charge in [-0.25, -0.2) is 0 Å². The van der Waals surface area contributed by atoms with Gasteiger partial charge >= 0.3 is 35.0 Å². The number of carbonyl (C=O) groups is 2. The molecule has 0 aromatic carbocycles. The van der Waals surface area contributed by atoms with E-state index in [1.54, 1.807) is 0 Å². The van der Waals surface area contributed by atoms with Gasteiger partial charge in [0.15, 0.2) is 0 Å². The van der Waals surface area contributed by atoms with Crippen LogP contribution in [0.5, 0.6) is 0 Å². The molecule has 0 saturated carbocycles. The Balaban J connectivity index is -0.00000253. The number of hydrogen-bond donors (Lipinski definition) is 1. The van der Waals surface area contributed by atoms with E-state index in [1.807, 2.05) is 0 Å². The van der Waals surface area contributed by atoms with Gasteiger partial charge in [0.1, 0.15) is 6.10 Å². The number of rotatable bonds is 33. The van der Waals surface area contributed by atoms with Crippen molar-refractivity contribution in [1.29, 1.82) is 0 Å². The van der Waals surface area contributed by atoms with Gasteiger partial charge < -0.3 is 12.7 Å². The molecular weight excluding hydrogens is 521 g/mol. The molecule has 5 heteroatoms. The Bertz CT molecular complexity index is 551. The van der Waals surface area contributed by atoms with E-state index in [1.165, 1.54) is 135 Å². The van der Waals surface area contributed by atoms with Crippen LogP contribution in [0.2, 0.25) is 0 Å². The molecule has 0 heterocycles. The van der Waals surface area contributed by atoms with E-state index in [0.717, 1.165) is 51.4 Å². The Labute approximate surface area is 275 Å². The van der Waals surface area contributed by atoms with Gasteiger partial charge in [-0.05, 0) is 38.5 Å². The third kappa shape index (κ3) is 35.8. The number of carboxylic acids is 1. The average molecular weight is 593 g/mol. The van der Waals surface area contributed by atoms with Crippen LogP contribution in [0, 0.1) is 0 Å². The molecule has 0 saturated heterocycles. The van der Waals surface area contributed by atoms with Crippen LogP contribution in [0.15, 0.2) is 0 Å². The van der Waals surface area contributed by atoms with Crippen LogP contribution in [-0.4, -0.2) is 46.2 Å². The Morgan fingerprint density at radius 3 is 1.15 bits per heavy atom. The minimum absolute atomic E-state index is 0. The first-order chi connectivity index (χ1) is 19.6. The van der Waals surface area contributed by atoms with Crippen LogP contribution in [-0.2, 0) is 14.3 Å². The predicted molar refractivity (Wildman–Crippen MR) is 180 cm³/mol. The van der Waals surface area contributed by atoms with Crippen molar-refractivity contribution in [2.45, 2.75) is 219 Å². The number of unbranched alkanes of at least 4 members (excludes halogenated alkanes) is 24. The monoisotopic (exact) mass is 593 g/mol. The van der Waals surface area contributed by atoms with Crippen molar-refractivity contribution in [3.8, 4) is 0 Å². The van der Waals surface area contributed by atoms with E-state index in [9.17, 15) is 9.59 Å². The molecule has 0 aromatic rings. The molecule has 0 aliphatic rings. The molecule has 0 aromatic heterocycles. The number of ether oxygens (including phenoxy) is 1. The summed E-state index contributed by atoms with van der Waals surface area (Å²) in [5.41, 5.74) is 0. The van der Waals surface area contributed by atoms with Gasteiger partial charge in [0.05, 0.1) is 0 Å². The minimum Gasteiger partial charge on any atom is -1.00 e. The normalized spacial score (nSPS) is 11.8. The molecule has 0 aliphatic heterocycles. The molecule has 0 radical (unpaired) electrons. The molecule has 41 heavy (non-hydrogen) atoms. The van der Waals surface area contributed by atoms with Gasteiger partial charge in [0.2, 0.25) is 0 Å². The average Bonchev–Trinajstić information content (AvgIpc) is 2.93. The van der Waals surface area contributed by atoms with Crippen molar-refractivity contribution >= 4 is 35.0 Å². The van der Waals surface area contributed by atoms with Crippen LogP contribution >= 0.6 is 0 Å². The van der Waals surface area contributed by atoms with Crippen molar-refractivity contribution in [2.24, 2.45) is 0 Å². The molecule has 0 rings (SSSR count). The summed E-state index contributed by atoms with van der Waals surface area (Å²) in [5.74, 6) is -0.656. The molecule has 0 spiro atoms. The zero-order valence-electron chi connectivity index (χ0n) is 29.9. The molecule has 0 amide bonds. The van der Waals surface area contributed by atoms with E-state index in [4.69, 9.17) is 9.84 Å². The summed E-state index contributed by atoms with van der Waals surface area (Å²) in [6.45, 7) is 4.52. The first-order valence-corrected chi connectivity index (χ1v) is 18.0. The van der Waals surface area contributed by atoms with Crippen LogP contribution in [0.1, 0.15) is 216 Å². The standard InChI is InChI=1S/C36H70O4.Mg.2H/c1-3-5-7-9-10-11-12-13-14-15-16-17-22-25-29-33-36(39)40-34(30-26-8-6-4-2)31-27-23-20-18-19-21-24-28-32-35(37)38;;;/h34H,3-33H2,1-2H3,(H,37,38);;;/q;+2;2*-1. The van der Waals surface area contributed by atoms with Crippen molar-refractivity contribution in [2.75, 3.05) is 0 Å². The number of aliphatic carboxylic acids is 1. The molecule has 1 N–H and O–H groups in total. The second-order valence-corrected chi connectivity index (χ2v) is 12.4. The molecule has 1 unspecified atom stereocenters. The molecule has 0 fully saturated rings. The molecule has 4 nitrogen and oxygen atoms in total. The predicted octanol–water partition coefficient (Wildman–Crippen LogP) is 12.0. The van der Waals surface area contributed by atoms with Gasteiger partial charge in [0.25, 0.3) is 0 Å². The quantitative estimate of drug-likeness (QED) is 0.0467. The maximum absolute atomic E-state index is 12.5. The third-order valence-electron chi connectivity index (χ3n) is 8.33.